The molecule has 0 bridgehead atoms. The third-order valence-electron chi connectivity index (χ3n) is 4.99. The van der Waals surface area contributed by atoms with Crippen molar-refractivity contribution in [2.45, 2.75) is 31.7 Å². The largest absolute Gasteiger partial charge is 0.354 e. The minimum atomic E-state index is -0.427. The van der Waals surface area contributed by atoms with Crippen molar-refractivity contribution in [2.75, 3.05) is 26.2 Å². The maximum absolute atomic E-state index is 12.8. The SMILES string of the molecule is Cl.O=C(NCCC1CCNC1)C1CCCN1C(=O)c1cc(Cl)ccc1Cl. The third kappa shape index (κ3) is 5.03. The van der Waals surface area contributed by atoms with Gasteiger partial charge in [-0.15, -0.1) is 12.4 Å². The highest BCUT2D eigenvalue weighted by Gasteiger charge is 2.35. The number of nitrogens with zero attached hydrogens (tertiary/aromatic N) is 1. The van der Waals surface area contributed by atoms with E-state index in [1.54, 1.807) is 23.1 Å². The third-order valence-corrected chi connectivity index (χ3v) is 5.55. The number of benzene rings is 1. The lowest BCUT2D eigenvalue weighted by molar-refractivity contribution is -0.124. The van der Waals surface area contributed by atoms with Crippen molar-refractivity contribution in [3.63, 3.8) is 0 Å². The Labute approximate surface area is 170 Å². The first-order valence-corrected chi connectivity index (χ1v) is 9.56. The maximum Gasteiger partial charge on any atom is 0.256 e. The summed E-state index contributed by atoms with van der Waals surface area (Å²) in [5.74, 6) is 0.326. The molecule has 2 aliphatic rings. The number of halogens is 3. The van der Waals surface area contributed by atoms with Gasteiger partial charge < -0.3 is 15.5 Å². The van der Waals surface area contributed by atoms with Gasteiger partial charge in [0.15, 0.2) is 0 Å². The molecule has 0 aromatic heterocycles. The Kier molecular flexibility index (Phi) is 8.02. The van der Waals surface area contributed by atoms with Crippen molar-refractivity contribution in [2.24, 2.45) is 5.92 Å². The molecule has 2 aliphatic heterocycles. The summed E-state index contributed by atoms with van der Waals surface area (Å²) in [5, 5.41) is 7.13. The van der Waals surface area contributed by atoms with Gasteiger partial charge in [-0.2, -0.15) is 0 Å². The zero-order valence-electron chi connectivity index (χ0n) is 14.5. The van der Waals surface area contributed by atoms with Crippen LogP contribution in [0.5, 0.6) is 0 Å². The Morgan fingerprint density at radius 2 is 2.08 bits per heavy atom. The molecule has 8 heteroatoms. The molecule has 0 aliphatic carbocycles. The lowest BCUT2D eigenvalue weighted by Crippen LogP contribution is -2.46. The van der Waals surface area contributed by atoms with E-state index in [0.29, 0.717) is 41.0 Å². The van der Waals surface area contributed by atoms with Crippen LogP contribution in [0, 0.1) is 5.92 Å². The molecule has 1 aromatic carbocycles. The van der Waals surface area contributed by atoms with Crippen LogP contribution < -0.4 is 10.6 Å². The van der Waals surface area contributed by atoms with Crippen molar-refractivity contribution in [1.82, 2.24) is 15.5 Å². The van der Waals surface area contributed by atoms with E-state index in [2.05, 4.69) is 10.6 Å². The van der Waals surface area contributed by atoms with E-state index in [0.717, 1.165) is 32.4 Å². The lowest BCUT2D eigenvalue weighted by Gasteiger charge is -2.24. The van der Waals surface area contributed by atoms with Gasteiger partial charge in [0.2, 0.25) is 5.91 Å². The number of carbonyl (C=O) groups is 2. The van der Waals surface area contributed by atoms with Gasteiger partial charge in [-0.3, -0.25) is 9.59 Å². The van der Waals surface area contributed by atoms with Gasteiger partial charge in [0.25, 0.3) is 5.91 Å². The van der Waals surface area contributed by atoms with Crippen LogP contribution in [0.15, 0.2) is 18.2 Å². The molecule has 0 radical (unpaired) electrons. The fourth-order valence-electron chi connectivity index (χ4n) is 3.58. The molecule has 2 atom stereocenters. The van der Waals surface area contributed by atoms with Crippen LogP contribution in [0.2, 0.25) is 10.0 Å². The monoisotopic (exact) mass is 419 g/mol. The fraction of sp³-hybridized carbons (Fsp3) is 0.556. The number of likely N-dealkylation sites (tertiary alicyclic amines) is 1. The highest BCUT2D eigenvalue weighted by molar-refractivity contribution is 6.35. The Balaban J connectivity index is 0.00000243. The Bertz CT molecular complexity index is 651. The molecule has 2 N–H and O–H groups in total. The molecule has 2 saturated heterocycles. The van der Waals surface area contributed by atoms with Crippen molar-refractivity contribution >= 4 is 47.4 Å². The summed E-state index contributed by atoms with van der Waals surface area (Å²) in [5.41, 5.74) is 0.353. The molecule has 3 rings (SSSR count). The van der Waals surface area contributed by atoms with Crippen molar-refractivity contribution < 1.29 is 9.59 Å². The Morgan fingerprint density at radius 3 is 2.81 bits per heavy atom. The predicted octanol–water partition coefficient (Wildman–Crippen LogP) is 3.14. The highest BCUT2D eigenvalue weighted by atomic mass is 35.5. The van der Waals surface area contributed by atoms with E-state index >= 15 is 0 Å². The van der Waals surface area contributed by atoms with Gasteiger partial charge in [0.05, 0.1) is 10.6 Å². The zero-order valence-corrected chi connectivity index (χ0v) is 16.8. The second-order valence-corrected chi connectivity index (χ2v) is 7.56. The molecule has 2 fully saturated rings. The van der Waals surface area contributed by atoms with Crippen LogP contribution >= 0.6 is 35.6 Å². The quantitative estimate of drug-likeness (QED) is 0.769. The van der Waals surface area contributed by atoms with E-state index < -0.39 is 6.04 Å². The Morgan fingerprint density at radius 1 is 1.27 bits per heavy atom. The molecule has 0 spiro atoms. The first-order chi connectivity index (χ1) is 12.1. The first kappa shape index (κ1) is 21.3. The standard InChI is InChI=1S/C18H23Cl2N3O2.ClH/c19-13-3-4-15(20)14(10-13)18(25)23-9-1-2-16(23)17(24)22-8-6-12-5-7-21-11-12;/h3-4,10,12,16,21H,1-2,5-9,11H2,(H,22,24);1H. The first-order valence-electron chi connectivity index (χ1n) is 8.80. The van der Waals surface area contributed by atoms with Crippen LogP contribution in [-0.2, 0) is 4.79 Å². The summed E-state index contributed by atoms with van der Waals surface area (Å²) in [6, 6.07) is 4.39. The van der Waals surface area contributed by atoms with E-state index in [4.69, 9.17) is 23.2 Å². The summed E-state index contributed by atoms with van der Waals surface area (Å²) in [6.45, 7) is 3.30. The van der Waals surface area contributed by atoms with Gasteiger partial charge in [-0.05, 0) is 62.9 Å². The second kappa shape index (κ2) is 9.79. The molecule has 2 heterocycles. The number of amides is 2. The lowest BCUT2D eigenvalue weighted by atomic mass is 10.1. The maximum atomic E-state index is 12.8. The smallest absolute Gasteiger partial charge is 0.256 e. The van der Waals surface area contributed by atoms with Gasteiger partial charge in [0.1, 0.15) is 6.04 Å². The molecule has 0 saturated carbocycles. The molecule has 1 aromatic rings. The summed E-state index contributed by atoms with van der Waals surface area (Å²) >= 11 is 12.1. The number of hydrogen-bond acceptors (Lipinski definition) is 3. The fourth-order valence-corrected chi connectivity index (χ4v) is 3.95. The summed E-state index contributed by atoms with van der Waals surface area (Å²) < 4.78 is 0. The van der Waals surface area contributed by atoms with E-state index in [1.165, 1.54) is 0 Å². The van der Waals surface area contributed by atoms with Gasteiger partial charge in [-0.1, -0.05) is 23.2 Å². The zero-order chi connectivity index (χ0) is 17.8. The minimum absolute atomic E-state index is 0. The van der Waals surface area contributed by atoms with Gasteiger partial charge >= 0.3 is 0 Å². The predicted molar refractivity (Wildman–Crippen MR) is 106 cm³/mol. The summed E-state index contributed by atoms with van der Waals surface area (Å²) in [7, 11) is 0. The van der Waals surface area contributed by atoms with E-state index in [9.17, 15) is 9.59 Å². The van der Waals surface area contributed by atoms with Crippen LogP contribution in [0.4, 0.5) is 0 Å². The van der Waals surface area contributed by atoms with Gasteiger partial charge in [-0.25, -0.2) is 0 Å². The van der Waals surface area contributed by atoms with Gasteiger partial charge in [0, 0.05) is 18.1 Å². The summed E-state index contributed by atoms with van der Waals surface area (Å²) in [6.07, 6.45) is 3.63. The molecule has 2 amide bonds. The van der Waals surface area contributed by atoms with E-state index in [1.807, 2.05) is 0 Å². The average molecular weight is 421 g/mol. The minimum Gasteiger partial charge on any atom is -0.354 e. The van der Waals surface area contributed by atoms with Crippen LogP contribution in [-0.4, -0.2) is 48.9 Å². The average Bonchev–Trinajstić information content (AvgIpc) is 3.27. The van der Waals surface area contributed by atoms with Crippen LogP contribution in [0.25, 0.3) is 0 Å². The number of nitrogens with one attached hydrogen (secondary N) is 2. The number of carbonyl (C=O) groups excluding carboxylic acids is 2. The molecule has 26 heavy (non-hydrogen) atoms. The molecule has 5 nitrogen and oxygen atoms in total. The highest BCUT2D eigenvalue weighted by Crippen LogP contribution is 2.26. The van der Waals surface area contributed by atoms with Crippen LogP contribution in [0.3, 0.4) is 0 Å². The topological polar surface area (TPSA) is 61.4 Å². The molecular formula is C18H24Cl3N3O2. The molecular weight excluding hydrogens is 397 g/mol. The van der Waals surface area contributed by atoms with E-state index in [-0.39, 0.29) is 24.2 Å². The molecule has 2 unspecified atom stereocenters. The normalized spacial score (nSPS) is 22.2. The summed E-state index contributed by atoms with van der Waals surface area (Å²) in [4.78, 5) is 27.0. The second-order valence-electron chi connectivity index (χ2n) is 6.72. The van der Waals surface area contributed by atoms with Crippen molar-refractivity contribution in [1.29, 1.82) is 0 Å². The number of rotatable bonds is 5. The molecule has 144 valence electrons. The Hall–Kier alpha value is -1.01. The van der Waals surface area contributed by atoms with Crippen molar-refractivity contribution in [3.05, 3.63) is 33.8 Å². The number of hydrogen-bond donors (Lipinski definition) is 2. The van der Waals surface area contributed by atoms with Crippen LogP contribution in [0.1, 0.15) is 36.0 Å². The van der Waals surface area contributed by atoms with Crippen molar-refractivity contribution in [3.8, 4) is 0 Å².